The number of carbonyl (C=O) groups is 1. The van der Waals surface area contributed by atoms with E-state index in [1.165, 1.54) is 0 Å². The lowest BCUT2D eigenvalue weighted by Crippen LogP contribution is -2.32. The molecule has 1 N–H and O–H groups in total. The Balaban J connectivity index is 1.58. The van der Waals surface area contributed by atoms with Crippen LogP contribution in [0.2, 0.25) is 0 Å². The number of pyridine rings is 1. The number of furan rings is 1. The van der Waals surface area contributed by atoms with Crippen LogP contribution in [0.4, 0.5) is 11.5 Å². The summed E-state index contributed by atoms with van der Waals surface area (Å²) in [6.45, 7) is 3.38. The predicted molar refractivity (Wildman–Crippen MR) is 99.2 cm³/mol. The summed E-state index contributed by atoms with van der Waals surface area (Å²) in [6.07, 6.45) is 6.41. The average Bonchev–Trinajstić information content (AvgIpc) is 2.89. The minimum absolute atomic E-state index is 0.0731. The maximum atomic E-state index is 12.6. The van der Waals surface area contributed by atoms with Crippen molar-refractivity contribution in [2.75, 3.05) is 37.4 Å². The van der Waals surface area contributed by atoms with Crippen molar-refractivity contribution in [2.24, 2.45) is 0 Å². The van der Waals surface area contributed by atoms with Gasteiger partial charge in [-0.3, -0.25) is 4.79 Å². The third kappa shape index (κ3) is 4.13. The van der Waals surface area contributed by atoms with Gasteiger partial charge in [-0.05, 0) is 44.4 Å². The van der Waals surface area contributed by atoms with Crippen molar-refractivity contribution in [3.8, 4) is 0 Å². The normalized spacial score (nSPS) is 17.9. The maximum Gasteiger partial charge on any atom is 0.257 e. The summed E-state index contributed by atoms with van der Waals surface area (Å²) in [5.41, 5.74) is 1.70. The molecule has 0 aromatic carbocycles. The van der Waals surface area contributed by atoms with Gasteiger partial charge in [0.1, 0.15) is 11.6 Å². The molecule has 0 saturated carbocycles. The van der Waals surface area contributed by atoms with Crippen molar-refractivity contribution in [2.45, 2.75) is 32.2 Å². The Morgan fingerprint density at radius 1 is 1.28 bits per heavy atom. The fourth-order valence-electron chi connectivity index (χ4n) is 3.19. The number of anilines is 2. The molecule has 0 aliphatic carbocycles. The second-order valence-corrected chi connectivity index (χ2v) is 6.75. The molecule has 0 spiro atoms. The zero-order valence-corrected chi connectivity index (χ0v) is 15.2. The van der Waals surface area contributed by atoms with Gasteiger partial charge in [0.2, 0.25) is 0 Å². The molecule has 2 aromatic rings. The summed E-state index contributed by atoms with van der Waals surface area (Å²) in [5.74, 6) is 1.71. The molecule has 134 valence electrons. The van der Waals surface area contributed by atoms with E-state index in [0.717, 1.165) is 43.9 Å². The first-order valence-corrected chi connectivity index (χ1v) is 8.78. The fourth-order valence-corrected chi connectivity index (χ4v) is 3.19. The Bertz CT molecular complexity index is 708. The molecule has 2 aromatic heterocycles. The largest absolute Gasteiger partial charge is 0.469 e. The fraction of sp³-hybridized carbons (Fsp3) is 0.474. The van der Waals surface area contributed by atoms with Gasteiger partial charge in [0.05, 0.1) is 23.7 Å². The number of aryl methyl sites for hydroxylation is 1. The predicted octanol–water partition coefficient (Wildman–Crippen LogP) is 3.16. The van der Waals surface area contributed by atoms with Crippen LogP contribution in [0.25, 0.3) is 0 Å². The van der Waals surface area contributed by atoms with E-state index in [9.17, 15) is 4.79 Å². The Morgan fingerprint density at radius 2 is 2.12 bits per heavy atom. The number of carbonyl (C=O) groups excluding carboxylic acids is 1. The van der Waals surface area contributed by atoms with Gasteiger partial charge < -0.3 is 19.5 Å². The molecular formula is C19H26N4O2. The lowest BCUT2D eigenvalue weighted by Gasteiger charge is -2.21. The SMILES string of the molecule is Cc1occc1C(=O)N1CCC[C@H](Nc2ccc(N(C)C)nc2)CC1. The molecule has 3 heterocycles. The zero-order chi connectivity index (χ0) is 17.8. The highest BCUT2D eigenvalue weighted by Gasteiger charge is 2.23. The van der Waals surface area contributed by atoms with E-state index in [1.54, 1.807) is 12.3 Å². The van der Waals surface area contributed by atoms with Crippen LogP contribution < -0.4 is 10.2 Å². The number of nitrogens with zero attached hydrogens (tertiary/aromatic N) is 3. The van der Waals surface area contributed by atoms with Crippen LogP contribution in [-0.4, -0.2) is 49.0 Å². The first-order chi connectivity index (χ1) is 12.0. The highest BCUT2D eigenvalue weighted by atomic mass is 16.3. The first kappa shape index (κ1) is 17.3. The van der Waals surface area contributed by atoms with Gasteiger partial charge in [-0.25, -0.2) is 4.98 Å². The van der Waals surface area contributed by atoms with Gasteiger partial charge >= 0.3 is 0 Å². The number of hydrogen-bond donors (Lipinski definition) is 1. The lowest BCUT2D eigenvalue weighted by atomic mass is 10.1. The van der Waals surface area contributed by atoms with Crippen LogP contribution in [0.15, 0.2) is 35.1 Å². The topological polar surface area (TPSA) is 61.6 Å². The molecule has 0 radical (unpaired) electrons. The Labute approximate surface area is 148 Å². The van der Waals surface area contributed by atoms with Gasteiger partial charge in [0, 0.05) is 33.2 Å². The maximum absolute atomic E-state index is 12.6. The molecule has 1 aliphatic heterocycles. The van der Waals surface area contributed by atoms with Gasteiger partial charge in [-0.2, -0.15) is 0 Å². The van der Waals surface area contributed by atoms with Crippen molar-refractivity contribution in [1.29, 1.82) is 0 Å². The van der Waals surface area contributed by atoms with Crippen LogP contribution in [0.3, 0.4) is 0 Å². The minimum atomic E-state index is 0.0731. The van der Waals surface area contributed by atoms with Crippen LogP contribution in [0, 0.1) is 6.92 Å². The highest BCUT2D eigenvalue weighted by molar-refractivity contribution is 5.95. The van der Waals surface area contributed by atoms with Crippen LogP contribution >= 0.6 is 0 Å². The average molecular weight is 342 g/mol. The molecule has 1 amide bonds. The summed E-state index contributed by atoms with van der Waals surface area (Å²) < 4.78 is 5.26. The number of nitrogens with one attached hydrogen (secondary N) is 1. The van der Waals surface area contributed by atoms with E-state index in [4.69, 9.17) is 4.42 Å². The Kier molecular flexibility index (Phi) is 5.26. The molecule has 1 atom stereocenters. The van der Waals surface area contributed by atoms with Gasteiger partial charge in [-0.1, -0.05) is 0 Å². The number of amides is 1. The summed E-state index contributed by atoms with van der Waals surface area (Å²) in [5, 5.41) is 3.56. The second kappa shape index (κ2) is 7.59. The molecular weight excluding hydrogens is 316 g/mol. The monoisotopic (exact) mass is 342 g/mol. The summed E-state index contributed by atoms with van der Waals surface area (Å²) >= 11 is 0. The molecule has 0 bridgehead atoms. The van der Waals surface area contributed by atoms with E-state index in [0.29, 0.717) is 17.4 Å². The van der Waals surface area contributed by atoms with Gasteiger partial charge in [-0.15, -0.1) is 0 Å². The number of likely N-dealkylation sites (tertiary alicyclic amines) is 1. The third-order valence-corrected chi connectivity index (χ3v) is 4.68. The van der Waals surface area contributed by atoms with E-state index in [2.05, 4.69) is 16.4 Å². The van der Waals surface area contributed by atoms with Crippen LogP contribution in [-0.2, 0) is 0 Å². The molecule has 1 aliphatic rings. The number of aromatic nitrogens is 1. The van der Waals surface area contributed by atoms with E-state index in [-0.39, 0.29) is 5.91 Å². The smallest absolute Gasteiger partial charge is 0.257 e. The molecule has 1 fully saturated rings. The van der Waals surface area contributed by atoms with E-state index >= 15 is 0 Å². The molecule has 6 nitrogen and oxygen atoms in total. The quantitative estimate of drug-likeness (QED) is 0.925. The standard InChI is InChI=1S/C19H26N4O2/c1-14-17(9-12-25-14)19(24)23-10-4-5-15(8-11-23)21-16-6-7-18(20-13-16)22(2)3/h6-7,9,12-13,15,21H,4-5,8,10-11H2,1-3H3/t15-/m0/s1. The number of rotatable bonds is 4. The van der Waals surface area contributed by atoms with E-state index < -0.39 is 0 Å². The van der Waals surface area contributed by atoms with E-state index in [1.807, 2.05) is 43.1 Å². The number of hydrogen-bond acceptors (Lipinski definition) is 5. The lowest BCUT2D eigenvalue weighted by molar-refractivity contribution is 0.0759. The van der Waals surface area contributed by atoms with Crippen LogP contribution in [0.1, 0.15) is 35.4 Å². The highest BCUT2D eigenvalue weighted by Crippen LogP contribution is 2.20. The van der Waals surface area contributed by atoms with Crippen molar-refractivity contribution in [3.63, 3.8) is 0 Å². The molecule has 3 rings (SSSR count). The molecule has 25 heavy (non-hydrogen) atoms. The van der Waals surface area contributed by atoms with Crippen molar-refractivity contribution in [3.05, 3.63) is 42.0 Å². The third-order valence-electron chi connectivity index (χ3n) is 4.68. The summed E-state index contributed by atoms with van der Waals surface area (Å²) in [7, 11) is 3.96. The zero-order valence-electron chi connectivity index (χ0n) is 15.2. The van der Waals surface area contributed by atoms with Crippen molar-refractivity contribution < 1.29 is 9.21 Å². The van der Waals surface area contributed by atoms with Crippen molar-refractivity contribution >= 4 is 17.4 Å². The molecule has 0 unspecified atom stereocenters. The molecule has 6 heteroatoms. The molecule has 1 saturated heterocycles. The second-order valence-electron chi connectivity index (χ2n) is 6.75. The van der Waals surface area contributed by atoms with Gasteiger partial charge in [0.15, 0.2) is 0 Å². The Morgan fingerprint density at radius 3 is 2.76 bits per heavy atom. The summed E-state index contributed by atoms with van der Waals surface area (Å²) in [6, 6.07) is 6.19. The summed E-state index contributed by atoms with van der Waals surface area (Å²) in [4.78, 5) is 21.0. The minimum Gasteiger partial charge on any atom is -0.469 e. The van der Waals surface area contributed by atoms with Gasteiger partial charge in [0.25, 0.3) is 5.91 Å². The Hall–Kier alpha value is -2.50. The van der Waals surface area contributed by atoms with Crippen molar-refractivity contribution in [1.82, 2.24) is 9.88 Å². The van der Waals surface area contributed by atoms with Crippen LogP contribution in [0.5, 0.6) is 0 Å². The first-order valence-electron chi connectivity index (χ1n) is 8.78.